The molecule has 0 amide bonds. The van der Waals surface area contributed by atoms with Gasteiger partial charge in [-0.3, -0.25) is 0 Å². The molecular weight excluding hydrogens is 348 g/mol. The molecule has 0 saturated heterocycles. The Morgan fingerprint density at radius 1 is 0.952 bits per heavy atom. The van der Waals surface area contributed by atoms with Crippen molar-refractivity contribution in [3.8, 4) is 0 Å². The molecule has 2 rings (SSSR count). The Morgan fingerprint density at radius 3 is 2.00 bits per heavy atom. The van der Waals surface area contributed by atoms with E-state index in [4.69, 9.17) is 11.6 Å². The Kier molecular flexibility index (Phi) is 7.87. The molecule has 0 aliphatic heterocycles. The minimum atomic E-state index is 0.527. The van der Waals surface area contributed by atoms with E-state index < -0.39 is 0 Å². The smallest absolute Gasteiger partial charge is 0.143 e. The highest BCUT2D eigenvalue weighted by atomic mass is 79.9. The van der Waals surface area contributed by atoms with Crippen LogP contribution in [0.2, 0.25) is 5.15 Å². The summed E-state index contributed by atoms with van der Waals surface area (Å²) in [5, 5.41) is 4.18. The summed E-state index contributed by atoms with van der Waals surface area (Å²) in [6.07, 6.45) is 16.9. The van der Waals surface area contributed by atoms with Gasteiger partial charge in [0, 0.05) is 6.04 Å². The van der Waals surface area contributed by atoms with E-state index in [1.807, 2.05) is 12.3 Å². The molecule has 118 valence electrons. The first-order valence-corrected chi connectivity index (χ1v) is 9.50. The average molecular weight is 374 g/mol. The minimum Gasteiger partial charge on any atom is -0.381 e. The van der Waals surface area contributed by atoms with Gasteiger partial charge in [0.2, 0.25) is 0 Å². The number of hydrogen-bond acceptors (Lipinski definition) is 2. The lowest BCUT2D eigenvalue weighted by molar-refractivity contribution is 0.480. The lowest BCUT2D eigenvalue weighted by atomic mass is 9.98. The van der Waals surface area contributed by atoms with Gasteiger partial charge in [-0.1, -0.05) is 69.4 Å². The van der Waals surface area contributed by atoms with Gasteiger partial charge in [0.15, 0.2) is 0 Å². The van der Waals surface area contributed by atoms with Crippen molar-refractivity contribution >= 4 is 33.2 Å². The van der Waals surface area contributed by atoms with Crippen LogP contribution in [0, 0.1) is 0 Å². The standard InChI is InChI=1S/C17H26BrClN2/c18-16-12-15(13-20-17(16)19)21-14-10-8-6-4-2-1-3-5-7-9-11-14/h12-14,21H,1-11H2. The molecule has 1 aromatic rings. The highest BCUT2D eigenvalue weighted by Crippen LogP contribution is 2.25. The molecule has 1 aromatic heterocycles. The van der Waals surface area contributed by atoms with Gasteiger partial charge in [-0.15, -0.1) is 0 Å². The van der Waals surface area contributed by atoms with Crippen molar-refractivity contribution in [1.82, 2.24) is 4.98 Å². The molecule has 21 heavy (non-hydrogen) atoms. The van der Waals surface area contributed by atoms with Crippen molar-refractivity contribution in [2.45, 2.75) is 76.7 Å². The molecule has 4 heteroatoms. The minimum absolute atomic E-state index is 0.527. The first-order chi connectivity index (χ1) is 10.3. The maximum absolute atomic E-state index is 5.96. The molecule has 1 fully saturated rings. The molecule has 0 bridgehead atoms. The molecule has 1 N–H and O–H groups in total. The Labute approximate surface area is 142 Å². The second kappa shape index (κ2) is 9.68. The number of nitrogens with zero attached hydrogens (tertiary/aromatic N) is 1. The van der Waals surface area contributed by atoms with E-state index in [1.54, 1.807) is 0 Å². The molecule has 0 radical (unpaired) electrons. The van der Waals surface area contributed by atoms with Gasteiger partial charge < -0.3 is 5.32 Å². The zero-order chi connectivity index (χ0) is 14.9. The first-order valence-electron chi connectivity index (χ1n) is 8.33. The molecule has 0 spiro atoms. The van der Waals surface area contributed by atoms with Gasteiger partial charge in [0.25, 0.3) is 0 Å². The third-order valence-electron chi connectivity index (χ3n) is 4.27. The summed E-state index contributed by atoms with van der Waals surface area (Å²) in [6, 6.07) is 2.60. The van der Waals surface area contributed by atoms with Gasteiger partial charge in [-0.05, 0) is 34.8 Å². The van der Waals surface area contributed by atoms with Gasteiger partial charge >= 0.3 is 0 Å². The van der Waals surface area contributed by atoms with Crippen molar-refractivity contribution in [2.75, 3.05) is 5.32 Å². The maximum atomic E-state index is 5.96. The highest BCUT2D eigenvalue weighted by molar-refractivity contribution is 9.10. The predicted molar refractivity (Wildman–Crippen MR) is 95.1 cm³/mol. The molecule has 1 heterocycles. The van der Waals surface area contributed by atoms with E-state index in [0.717, 1.165) is 10.2 Å². The van der Waals surface area contributed by atoms with Crippen LogP contribution in [0.5, 0.6) is 0 Å². The number of halogens is 2. The lowest BCUT2D eigenvalue weighted by Crippen LogP contribution is -2.19. The van der Waals surface area contributed by atoms with Crippen LogP contribution in [0.1, 0.15) is 70.6 Å². The van der Waals surface area contributed by atoms with Crippen LogP contribution in [-0.2, 0) is 0 Å². The Balaban J connectivity index is 1.88. The molecular formula is C17H26BrClN2. The molecule has 1 saturated carbocycles. The quantitative estimate of drug-likeness (QED) is 0.592. The van der Waals surface area contributed by atoms with Crippen LogP contribution < -0.4 is 5.32 Å². The summed E-state index contributed by atoms with van der Waals surface area (Å²) in [7, 11) is 0. The third kappa shape index (κ3) is 6.56. The normalized spacial score (nSPS) is 19.5. The highest BCUT2D eigenvalue weighted by Gasteiger charge is 2.10. The molecule has 0 unspecified atom stereocenters. The summed E-state index contributed by atoms with van der Waals surface area (Å²) in [5.41, 5.74) is 1.07. The number of rotatable bonds is 2. The average Bonchev–Trinajstić information content (AvgIpc) is 2.46. The van der Waals surface area contributed by atoms with E-state index in [1.165, 1.54) is 70.6 Å². The van der Waals surface area contributed by atoms with Crippen LogP contribution in [0.15, 0.2) is 16.7 Å². The molecule has 2 nitrogen and oxygen atoms in total. The van der Waals surface area contributed by atoms with Crippen molar-refractivity contribution in [1.29, 1.82) is 0 Å². The fourth-order valence-electron chi connectivity index (χ4n) is 3.04. The van der Waals surface area contributed by atoms with E-state index in [-0.39, 0.29) is 0 Å². The number of hydrogen-bond donors (Lipinski definition) is 1. The summed E-state index contributed by atoms with van der Waals surface area (Å²) >= 11 is 9.40. The Morgan fingerprint density at radius 2 is 1.48 bits per heavy atom. The Bertz CT molecular complexity index is 413. The SMILES string of the molecule is Clc1ncc(NC2CCCCCCCCCCC2)cc1Br. The maximum Gasteiger partial charge on any atom is 0.143 e. The summed E-state index contributed by atoms with van der Waals surface area (Å²) in [5.74, 6) is 0. The van der Waals surface area contributed by atoms with Crippen LogP contribution in [0.25, 0.3) is 0 Å². The van der Waals surface area contributed by atoms with Crippen LogP contribution in [0.4, 0.5) is 5.69 Å². The number of pyridine rings is 1. The zero-order valence-electron chi connectivity index (χ0n) is 12.7. The fourth-order valence-corrected chi connectivity index (χ4v) is 3.50. The Hall–Kier alpha value is -0.280. The fraction of sp³-hybridized carbons (Fsp3) is 0.706. The van der Waals surface area contributed by atoms with Crippen LogP contribution >= 0.6 is 27.5 Å². The number of anilines is 1. The second-order valence-corrected chi connectivity index (χ2v) is 7.31. The van der Waals surface area contributed by atoms with Crippen molar-refractivity contribution < 1.29 is 0 Å². The van der Waals surface area contributed by atoms with Gasteiger partial charge in [-0.25, -0.2) is 4.98 Å². The molecule has 0 aromatic carbocycles. The van der Waals surface area contributed by atoms with Crippen LogP contribution in [-0.4, -0.2) is 11.0 Å². The summed E-state index contributed by atoms with van der Waals surface area (Å²) < 4.78 is 0.863. The van der Waals surface area contributed by atoms with Gasteiger partial charge in [0.1, 0.15) is 5.15 Å². The largest absolute Gasteiger partial charge is 0.381 e. The topological polar surface area (TPSA) is 24.9 Å². The summed E-state index contributed by atoms with van der Waals surface area (Å²) in [4.78, 5) is 4.20. The monoisotopic (exact) mass is 372 g/mol. The van der Waals surface area contributed by atoms with E-state index >= 15 is 0 Å². The molecule has 1 aliphatic carbocycles. The number of nitrogens with one attached hydrogen (secondary N) is 1. The van der Waals surface area contributed by atoms with Crippen molar-refractivity contribution in [2.24, 2.45) is 0 Å². The van der Waals surface area contributed by atoms with Crippen molar-refractivity contribution in [3.63, 3.8) is 0 Å². The predicted octanol–water partition coefficient (Wildman–Crippen LogP) is 6.58. The third-order valence-corrected chi connectivity index (χ3v) is 5.41. The van der Waals surface area contributed by atoms with E-state index in [2.05, 4.69) is 26.2 Å². The van der Waals surface area contributed by atoms with Crippen LogP contribution in [0.3, 0.4) is 0 Å². The van der Waals surface area contributed by atoms with E-state index in [9.17, 15) is 0 Å². The van der Waals surface area contributed by atoms with Gasteiger partial charge in [-0.2, -0.15) is 0 Å². The van der Waals surface area contributed by atoms with E-state index in [0.29, 0.717) is 11.2 Å². The zero-order valence-corrected chi connectivity index (χ0v) is 15.1. The van der Waals surface area contributed by atoms with Gasteiger partial charge in [0.05, 0.1) is 16.4 Å². The summed E-state index contributed by atoms with van der Waals surface area (Å²) in [6.45, 7) is 0. The second-order valence-electron chi connectivity index (χ2n) is 6.10. The lowest BCUT2D eigenvalue weighted by Gasteiger charge is -2.20. The number of aromatic nitrogens is 1. The molecule has 0 atom stereocenters. The first kappa shape index (κ1) is 17.1. The van der Waals surface area contributed by atoms with Crippen molar-refractivity contribution in [3.05, 3.63) is 21.9 Å². The molecule has 1 aliphatic rings.